The molecule has 1 aromatic heterocycles. The molecule has 0 fully saturated rings. The van der Waals surface area contributed by atoms with Gasteiger partial charge in [0, 0.05) is 24.1 Å². The molecule has 3 rings (SSSR count). The Bertz CT molecular complexity index is 2020. The number of ether oxygens (including phenoxy) is 3. The van der Waals surface area contributed by atoms with Gasteiger partial charge in [-0.1, -0.05) is 65.0 Å². The third-order valence-corrected chi connectivity index (χ3v) is 9.44. The van der Waals surface area contributed by atoms with E-state index in [0.717, 1.165) is 37.8 Å². The Morgan fingerprint density at radius 1 is 0.627 bits per heavy atom. The Hall–Kier alpha value is -6.13. The summed E-state index contributed by atoms with van der Waals surface area (Å²) in [6.07, 6.45) is -2.15. The van der Waals surface area contributed by atoms with Gasteiger partial charge in [-0.3, -0.25) is 38.4 Å². The lowest BCUT2D eigenvalue weighted by atomic mass is 9.88. The van der Waals surface area contributed by atoms with Crippen LogP contribution in [-0.4, -0.2) is 90.9 Å². The standard InChI is InChI=1S/C42H50F2N4O11/c1-22(2)37(32(49)17-24(5)40(54)46-31(20-36(53)58-7)34(51)21-59-39-27(43)12-10-13-28(39)44)47-41(55)26(19-35(52)57-6)18-33(50)38(23(3)4)48-42(56)30-16-15-25-11-8-9-14-29(25)45-30/h8-16,22-24,26,31,37-38H,17-21H2,1-7H3,(H,46,54)(H,47,55)(H,48,56)/t24-,26+,31?,37+,38+/m1/s1. The number of carbonyl (C=O) groups is 8. The summed E-state index contributed by atoms with van der Waals surface area (Å²) >= 11 is 0. The number of nitrogens with one attached hydrogen (secondary N) is 3. The average Bonchev–Trinajstić information content (AvgIpc) is 3.19. The summed E-state index contributed by atoms with van der Waals surface area (Å²) < 4.78 is 42.5. The molecule has 0 aliphatic heterocycles. The van der Waals surface area contributed by atoms with Crippen molar-refractivity contribution >= 4 is 57.9 Å². The Balaban J connectivity index is 1.71. The smallest absolute Gasteiger partial charge is 0.308 e. The van der Waals surface area contributed by atoms with Gasteiger partial charge < -0.3 is 30.2 Å². The fourth-order valence-corrected chi connectivity index (χ4v) is 6.02. The number of benzene rings is 2. The van der Waals surface area contributed by atoms with Crippen molar-refractivity contribution in [3.63, 3.8) is 0 Å². The topological polar surface area (TPSA) is 213 Å². The monoisotopic (exact) mass is 824 g/mol. The number of hydrogen-bond acceptors (Lipinski definition) is 12. The molecule has 1 heterocycles. The number of halogens is 2. The molecule has 0 aliphatic rings. The van der Waals surface area contributed by atoms with E-state index >= 15 is 0 Å². The number of carbonyl (C=O) groups excluding carboxylic acids is 8. The number of rotatable bonds is 22. The van der Waals surface area contributed by atoms with Gasteiger partial charge in [0.15, 0.2) is 34.7 Å². The van der Waals surface area contributed by atoms with E-state index < -0.39 is 138 Å². The zero-order valence-corrected chi connectivity index (χ0v) is 34.0. The van der Waals surface area contributed by atoms with Gasteiger partial charge in [0.1, 0.15) is 18.3 Å². The zero-order chi connectivity index (χ0) is 44.0. The highest BCUT2D eigenvalue weighted by Gasteiger charge is 2.35. The van der Waals surface area contributed by atoms with Crippen LogP contribution in [0.2, 0.25) is 0 Å². The minimum atomic E-state index is -1.55. The summed E-state index contributed by atoms with van der Waals surface area (Å²) in [5.74, 6) is -12.5. The molecule has 15 nitrogen and oxygen atoms in total. The largest absolute Gasteiger partial charge is 0.480 e. The van der Waals surface area contributed by atoms with Crippen LogP contribution in [0.1, 0.15) is 70.8 Å². The highest BCUT2D eigenvalue weighted by atomic mass is 19.1. The third kappa shape index (κ3) is 13.7. The minimum Gasteiger partial charge on any atom is -0.480 e. The Morgan fingerprint density at radius 2 is 1.20 bits per heavy atom. The van der Waals surface area contributed by atoms with Crippen LogP contribution >= 0.6 is 0 Å². The van der Waals surface area contributed by atoms with Gasteiger partial charge in [0.2, 0.25) is 11.8 Å². The van der Waals surface area contributed by atoms with E-state index in [9.17, 15) is 47.1 Å². The van der Waals surface area contributed by atoms with Crippen molar-refractivity contribution < 1.29 is 61.3 Å². The number of fused-ring (bicyclic) bond motifs is 1. The number of nitrogens with zero attached hydrogens (tertiary/aromatic N) is 1. The van der Waals surface area contributed by atoms with Crippen LogP contribution in [0.25, 0.3) is 10.9 Å². The second-order valence-corrected chi connectivity index (χ2v) is 14.7. The summed E-state index contributed by atoms with van der Waals surface area (Å²) in [5, 5.41) is 8.48. The number of pyridine rings is 1. The number of Topliss-reactive ketones (excluding diaryl/α,β-unsaturated/α-hetero) is 3. The van der Waals surface area contributed by atoms with E-state index in [0.29, 0.717) is 5.52 Å². The normalized spacial score (nSPS) is 13.7. The first-order valence-electron chi connectivity index (χ1n) is 18.9. The van der Waals surface area contributed by atoms with Crippen LogP contribution in [0, 0.1) is 35.3 Å². The van der Waals surface area contributed by atoms with Crippen LogP contribution in [-0.2, 0) is 43.0 Å². The van der Waals surface area contributed by atoms with Crippen molar-refractivity contribution in [1.82, 2.24) is 20.9 Å². The fourth-order valence-electron chi connectivity index (χ4n) is 6.02. The highest BCUT2D eigenvalue weighted by molar-refractivity contribution is 6.00. The van der Waals surface area contributed by atoms with E-state index in [1.807, 2.05) is 12.1 Å². The molecule has 17 heteroatoms. The van der Waals surface area contributed by atoms with Crippen LogP contribution in [0.5, 0.6) is 5.75 Å². The lowest BCUT2D eigenvalue weighted by Gasteiger charge is -2.27. The van der Waals surface area contributed by atoms with Crippen molar-refractivity contribution in [2.24, 2.45) is 23.7 Å². The average molecular weight is 825 g/mol. The highest BCUT2D eigenvalue weighted by Crippen LogP contribution is 2.22. The van der Waals surface area contributed by atoms with Gasteiger partial charge >= 0.3 is 11.9 Å². The number of aromatic nitrogens is 1. The summed E-state index contributed by atoms with van der Waals surface area (Å²) in [6.45, 7) is 7.10. The molecule has 0 radical (unpaired) electrons. The molecular formula is C42H50F2N4O11. The molecule has 0 saturated carbocycles. The molecule has 0 saturated heterocycles. The predicted octanol–water partition coefficient (Wildman–Crippen LogP) is 3.84. The molecule has 0 spiro atoms. The molecular weight excluding hydrogens is 774 g/mol. The van der Waals surface area contributed by atoms with Gasteiger partial charge in [0.25, 0.3) is 5.91 Å². The van der Waals surface area contributed by atoms with Crippen LogP contribution < -0.4 is 20.7 Å². The molecule has 0 aliphatic carbocycles. The van der Waals surface area contributed by atoms with Crippen molar-refractivity contribution in [1.29, 1.82) is 0 Å². The molecule has 0 bridgehead atoms. The Morgan fingerprint density at radius 3 is 1.81 bits per heavy atom. The zero-order valence-electron chi connectivity index (χ0n) is 34.0. The van der Waals surface area contributed by atoms with Gasteiger partial charge in [-0.2, -0.15) is 0 Å². The van der Waals surface area contributed by atoms with Gasteiger partial charge in [-0.15, -0.1) is 0 Å². The molecule has 3 aromatic rings. The third-order valence-electron chi connectivity index (χ3n) is 9.44. The number of esters is 2. The lowest BCUT2D eigenvalue weighted by molar-refractivity contribution is -0.145. The predicted molar refractivity (Wildman–Crippen MR) is 209 cm³/mol. The number of hydrogen-bond donors (Lipinski definition) is 3. The summed E-state index contributed by atoms with van der Waals surface area (Å²) in [5.41, 5.74) is 0.648. The van der Waals surface area contributed by atoms with Crippen molar-refractivity contribution in [3.8, 4) is 5.75 Å². The second kappa shape index (κ2) is 22.1. The molecule has 5 atom stereocenters. The SMILES string of the molecule is COC(=O)CC(NC(=O)[C@H](C)CC(=O)[C@@H](NC(=O)[C@H](CC(=O)OC)CC(=O)[C@@H](NC(=O)c1ccc2ccccc2n1)C(C)C)C(C)C)C(=O)COc1c(F)cccc1F. The number of amides is 3. The Kier molecular flexibility index (Phi) is 17.7. The fraction of sp³-hybridized carbons (Fsp3) is 0.452. The first-order valence-corrected chi connectivity index (χ1v) is 18.9. The minimum absolute atomic E-state index is 0.0724. The van der Waals surface area contributed by atoms with Crippen LogP contribution in [0.3, 0.4) is 0 Å². The van der Waals surface area contributed by atoms with Crippen molar-refractivity contribution in [2.45, 2.75) is 78.4 Å². The van der Waals surface area contributed by atoms with Gasteiger partial charge in [-0.05, 0) is 36.1 Å². The second-order valence-electron chi connectivity index (χ2n) is 14.7. The molecule has 2 aromatic carbocycles. The van der Waals surface area contributed by atoms with Crippen LogP contribution in [0.4, 0.5) is 8.78 Å². The molecule has 318 valence electrons. The maximum atomic E-state index is 14.0. The quantitative estimate of drug-likeness (QED) is 0.123. The number of methoxy groups -OCH3 is 2. The molecule has 3 N–H and O–H groups in total. The summed E-state index contributed by atoms with van der Waals surface area (Å²) in [4.78, 5) is 109. The summed E-state index contributed by atoms with van der Waals surface area (Å²) in [7, 11) is 2.16. The first-order chi connectivity index (χ1) is 27.9. The van der Waals surface area contributed by atoms with E-state index in [-0.39, 0.29) is 5.69 Å². The van der Waals surface area contributed by atoms with E-state index in [4.69, 9.17) is 9.47 Å². The summed E-state index contributed by atoms with van der Waals surface area (Å²) in [6, 6.07) is 9.51. The van der Waals surface area contributed by atoms with E-state index in [1.54, 1.807) is 45.9 Å². The molecule has 1 unspecified atom stereocenters. The first kappa shape index (κ1) is 47.2. The molecule has 59 heavy (non-hydrogen) atoms. The van der Waals surface area contributed by atoms with E-state index in [1.165, 1.54) is 13.0 Å². The number of ketones is 3. The number of para-hydroxylation sites is 2. The maximum Gasteiger partial charge on any atom is 0.308 e. The molecule has 3 amide bonds. The van der Waals surface area contributed by atoms with Gasteiger partial charge in [-0.25, -0.2) is 13.8 Å². The lowest BCUT2D eigenvalue weighted by Crippen LogP contribution is -2.50. The van der Waals surface area contributed by atoms with Gasteiger partial charge in [0.05, 0.1) is 50.6 Å². The maximum absolute atomic E-state index is 14.0. The Labute approximate surface area is 340 Å². The van der Waals surface area contributed by atoms with E-state index in [2.05, 4.69) is 25.7 Å². The van der Waals surface area contributed by atoms with Crippen molar-refractivity contribution in [2.75, 3.05) is 20.8 Å². The van der Waals surface area contributed by atoms with Crippen LogP contribution in [0.15, 0.2) is 54.6 Å². The van der Waals surface area contributed by atoms with Crippen molar-refractivity contribution in [3.05, 3.63) is 71.9 Å².